The van der Waals surface area contributed by atoms with E-state index in [1.807, 2.05) is 18.5 Å². The minimum atomic E-state index is -0.350. The van der Waals surface area contributed by atoms with Gasteiger partial charge in [-0.15, -0.1) is 14.8 Å². The smallest absolute Gasteiger partial charge is 0.209 e. The first-order chi connectivity index (χ1) is 8.43. The summed E-state index contributed by atoms with van der Waals surface area (Å²) in [5.74, 6) is 0. The topological polar surface area (TPSA) is 73.1 Å². The van der Waals surface area contributed by atoms with Gasteiger partial charge in [0.1, 0.15) is 10.9 Å². The van der Waals surface area contributed by atoms with Gasteiger partial charge in [-0.1, -0.05) is 11.6 Å². The summed E-state index contributed by atoms with van der Waals surface area (Å²) in [6.45, 7) is 8.11. The van der Waals surface area contributed by atoms with E-state index < -0.39 is 0 Å². The summed E-state index contributed by atoms with van der Waals surface area (Å²) in [5.41, 5.74) is 7.37. The van der Waals surface area contributed by atoms with E-state index in [9.17, 15) is 0 Å². The van der Waals surface area contributed by atoms with Crippen molar-refractivity contribution < 1.29 is 4.68 Å². The minimum Gasteiger partial charge on any atom is -0.406 e. The van der Waals surface area contributed by atoms with Crippen LogP contribution in [0.1, 0.15) is 33.3 Å². The molecule has 1 aliphatic heterocycles. The quantitative estimate of drug-likeness (QED) is 0.681. The molecule has 0 bridgehead atoms. The second-order valence-electron chi connectivity index (χ2n) is 4.92. The standard InChI is InChI=1S/C10H12ClN7/c1-5(2)17-10(3,4)6-7(13-17)8(11)14-18-9(6)12-15-16-18/h1-4H3. The predicted octanol–water partition coefficient (Wildman–Crippen LogP) is 1.83. The van der Waals surface area contributed by atoms with Crippen molar-refractivity contribution >= 4 is 28.6 Å². The normalized spacial score (nSPS) is 16.8. The Morgan fingerprint density at radius 2 is 2.11 bits per heavy atom. The number of hydrogen-bond donors (Lipinski definition) is 0. The van der Waals surface area contributed by atoms with Crippen molar-refractivity contribution in [1.29, 1.82) is 0 Å². The Balaban J connectivity index is 2.43. The molecule has 1 aliphatic rings. The molecule has 3 rings (SSSR count). The van der Waals surface area contributed by atoms with Crippen molar-refractivity contribution in [2.75, 3.05) is 0 Å². The van der Waals surface area contributed by atoms with Crippen LogP contribution in [0.15, 0.2) is 0 Å². The summed E-state index contributed by atoms with van der Waals surface area (Å²) >= 11 is 6.15. The minimum absolute atomic E-state index is 0.307. The monoisotopic (exact) mass is 265 g/mol. The van der Waals surface area contributed by atoms with Gasteiger partial charge in [-0.25, -0.2) is 0 Å². The lowest BCUT2D eigenvalue weighted by Gasteiger charge is -2.21. The van der Waals surface area contributed by atoms with Crippen molar-refractivity contribution in [3.8, 4) is 0 Å². The lowest BCUT2D eigenvalue weighted by Crippen LogP contribution is -2.29. The molecule has 8 heteroatoms. The predicted molar refractivity (Wildman–Crippen MR) is 66.2 cm³/mol. The highest BCUT2D eigenvalue weighted by molar-refractivity contribution is 6.32. The third-order valence-corrected chi connectivity index (χ3v) is 3.31. The van der Waals surface area contributed by atoms with Gasteiger partial charge in [-0.3, -0.25) is 4.68 Å². The van der Waals surface area contributed by atoms with E-state index in [0.717, 1.165) is 11.3 Å². The molecule has 0 aromatic carbocycles. The first kappa shape index (κ1) is 11.3. The molecule has 2 aromatic heterocycles. The maximum absolute atomic E-state index is 6.15. The molecule has 0 aliphatic carbocycles. The highest BCUT2D eigenvalue weighted by Gasteiger charge is 2.40. The highest BCUT2D eigenvalue weighted by atomic mass is 35.5. The second kappa shape index (κ2) is 3.38. The summed E-state index contributed by atoms with van der Waals surface area (Å²) < 4.78 is 3.26. The number of tetrazole rings is 1. The Labute approximate surface area is 108 Å². The van der Waals surface area contributed by atoms with Crippen LogP contribution in [0.2, 0.25) is 5.15 Å². The lowest BCUT2D eigenvalue weighted by atomic mass is 9.96. The average Bonchev–Trinajstić information content (AvgIpc) is 2.80. The molecular weight excluding hydrogens is 254 g/mol. The molecule has 0 amide bonds. The molecule has 0 spiro atoms. The van der Waals surface area contributed by atoms with E-state index in [1.165, 1.54) is 4.63 Å². The zero-order valence-corrected chi connectivity index (χ0v) is 11.3. The number of nitrogens with zero attached hydrogens (tertiary/aromatic N) is 7. The molecule has 18 heavy (non-hydrogen) atoms. The number of rotatable bonds is 0. The third kappa shape index (κ3) is 1.28. The van der Waals surface area contributed by atoms with E-state index in [4.69, 9.17) is 11.6 Å². The summed E-state index contributed by atoms with van der Waals surface area (Å²) in [4.78, 5) is 0. The van der Waals surface area contributed by atoms with Gasteiger partial charge in [0.15, 0.2) is 5.54 Å². The summed E-state index contributed by atoms with van der Waals surface area (Å²) in [7, 11) is 0. The van der Waals surface area contributed by atoms with Crippen molar-refractivity contribution in [3.63, 3.8) is 0 Å². The first-order valence-electron chi connectivity index (χ1n) is 5.53. The Kier molecular flexibility index (Phi) is 2.13. The van der Waals surface area contributed by atoms with Crippen LogP contribution in [-0.4, -0.2) is 35.7 Å². The van der Waals surface area contributed by atoms with Gasteiger partial charge in [0.25, 0.3) is 0 Å². The Morgan fingerprint density at radius 1 is 1.39 bits per heavy atom. The van der Waals surface area contributed by atoms with Crippen LogP contribution in [0.5, 0.6) is 0 Å². The summed E-state index contributed by atoms with van der Waals surface area (Å²) in [5, 5.41) is 15.8. The van der Waals surface area contributed by atoms with Crippen LogP contribution >= 0.6 is 11.6 Å². The molecule has 2 aromatic rings. The molecular formula is C10H12ClN7. The van der Waals surface area contributed by atoms with Gasteiger partial charge < -0.3 is 5.43 Å². The molecule has 7 nitrogen and oxygen atoms in total. The number of aromatic nitrogens is 5. The van der Waals surface area contributed by atoms with Crippen LogP contribution in [0.3, 0.4) is 0 Å². The molecule has 0 N–H and O–H groups in total. The van der Waals surface area contributed by atoms with Gasteiger partial charge >= 0.3 is 0 Å². The highest BCUT2D eigenvalue weighted by Crippen LogP contribution is 2.48. The fourth-order valence-corrected chi connectivity index (χ4v) is 2.59. The molecule has 0 unspecified atom stereocenters. The first-order valence-corrected chi connectivity index (χ1v) is 5.91. The van der Waals surface area contributed by atoms with Gasteiger partial charge in [0, 0.05) is 27.7 Å². The second-order valence-corrected chi connectivity index (χ2v) is 5.28. The van der Waals surface area contributed by atoms with E-state index in [-0.39, 0.29) is 5.54 Å². The van der Waals surface area contributed by atoms with Gasteiger partial charge in [0.05, 0.1) is 5.56 Å². The van der Waals surface area contributed by atoms with E-state index in [2.05, 4.69) is 39.9 Å². The fraction of sp³-hybridized carbons (Fsp3) is 0.500. The maximum atomic E-state index is 6.15. The van der Waals surface area contributed by atoms with Crippen molar-refractivity contribution in [1.82, 2.24) is 25.3 Å². The van der Waals surface area contributed by atoms with Crippen LogP contribution in [0, 0.1) is 0 Å². The Morgan fingerprint density at radius 3 is 2.78 bits per heavy atom. The summed E-state index contributed by atoms with van der Waals surface area (Å²) in [6, 6.07) is 0. The zero-order valence-electron chi connectivity index (χ0n) is 10.5. The van der Waals surface area contributed by atoms with E-state index in [1.54, 1.807) is 0 Å². The Hall–Kier alpha value is -1.76. The Bertz CT molecular complexity index is 681. The maximum Gasteiger partial charge on any atom is 0.209 e. The number of fused-ring (bicyclic) bond motifs is 3. The van der Waals surface area contributed by atoms with Crippen molar-refractivity contribution in [3.05, 3.63) is 16.1 Å². The SMILES string of the molecule is CC(C)=[N+]1[N-]c2c(Cl)nn3nnnc3c2C1(C)C. The summed E-state index contributed by atoms with van der Waals surface area (Å²) in [6.07, 6.45) is 0. The van der Waals surface area contributed by atoms with Gasteiger partial charge in [-0.05, 0) is 16.1 Å². The molecule has 0 fully saturated rings. The fourth-order valence-electron chi connectivity index (χ4n) is 2.38. The van der Waals surface area contributed by atoms with Crippen LogP contribution in [0.4, 0.5) is 5.69 Å². The molecule has 94 valence electrons. The van der Waals surface area contributed by atoms with Crippen LogP contribution < -0.4 is 0 Å². The largest absolute Gasteiger partial charge is 0.406 e. The van der Waals surface area contributed by atoms with Crippen molar-refractivity contribution in [2.24, 2.45) is 0 Å². The number of hydrogen-bond acceptors (Lipinski definition) is 4. The van der Waals surface area contributed by atoms with Crippen LogP contribution in [-0.2, 0) is 5.54 Å². The molecule has 0 saturated heterocycles. The third-order valence-electron chi connectivity index (χ3n) is 3.06. The van der Waals surface area contributed by atoms with Gasteiger partial charge in [-0.2, -0.15) is 0 Å². The molecule has 0 radical (unpaired) electrons. The lowest BCUT2D eigenvalue weighted by molar-refractivity contribution is -0.553. The molecule has 0 atom stereocenters. The molecule has 3 heterocycles. The zero-order chi connectivity index (χ0) is 13.1. The van der Waals surface area contributed by atoms with E-state index >= 15 is 0 Å². The molecule has 0 saturated carbocycles. The van der Waals surface area contributed by atoms with Crippen molar-refractivity contribution in [2.45, 2.75) is 33.2 Å². The van der Waals surface area contributed by atoms with Gasteiger partial charge in [0.2, 0.25) is 5.65 Å². The van der Waals surface area contributed by atoms with E-state index in [0.29, 0.717) is 16.5 Å². The van der Waals surface area contributed by atoms with Crippen LogP contribution in [0.25, 0.3) is 11.1 Å². The average molecular weight is 266 g/mol. The number of halogens is 1.